The Kier molecular flexibility index (Phi) is 3.11. The van der Waals surface area contributed by atoms with E-state index in [4.69, 9.17) is 0 Å². The molecule has 0 amide bonds. The lowest BCUT2D eigenvalue weighted by Crippen LogP contribution is -2.24. The van der Waals surface area contributed by atoms with Crippen molar-refractivity contribution in [2.24, 2.45) is 0 Å². The molecule has 0 radical (unpaired) electrons. The lowest BCUT2D eigenvalue weighted by atomic mass is 10.00. The summed E-state index contributed by atoms with van der Waals surface area (Å²) in [6.45, 7) is 1.02. The van der Waals surface area contributed by atoms with Crippen LogP contribution in [-0.4, -0.2) is 18.9 Å². The predicted octanol–water partition coefficient (Wildman–Crippen LogP) is 1.93. The monoisotopic (exact) mass is 207 g/mol. The zero-order valence-electron chi connectivity index (χ0n) is 8.50. The summed E-state index contributed by atoms with van der Waals surface area (Å²) in [5.74, 6) is -0.270. The summed E-state index contributed by atoms with van der Waals surface area (Å²) in [7, 11) is 0. The lowest BCUT2D eigenvalue weighted by Gasteiger charge is -2.11. The molecule has 1 aromatic carbocycles. The minimum atomic E-state index is -0.270. The summed E-state index contributed by atoms with van der Waals surface area (Å²) in [4.78, 5) is 10.8. The fraction of sp³-hybridized carbons (Fsp3) is 0.417. The molecule has 0 saturated carbocycles. The average molecular weight is 207 g/mol. The van der Waals surface area contributed by atoms with Crippen LogP contribution in [0.3, 0.4) is 0 Å². The van der Waals surface area contributed by atoms with E-state index in [1.54, 1.807) is 6.07 Å². The van der Waals surface area contributed by atoms with Crippen LogP contribution in [0.5, 0.6) is 0 Å². The van der Waals surface area contributed by atoms with Crippen LogP contribution in [0, 0.1) is 5.82 Å². The van der Waals surface area contributed by atoms with Crippen molar-refractivity contribution in [1.82, 2.24) is 5.32 Å². The normalized spacial score (nSPS) is 20.5. The van der Waals surface area contributed by atoms with E-state index in [0.29, 0.717) is 11.6 Å². The minimum absolute atomic E-state index is 0.270. The first-order valence-electron chi connectivity index (χ1n) is 5.26. The van der Waals surface area contributed by atoms with E-state index in [-0.39, 0.29) is 5.82 Å². The SMILES string of the molecule is O=Cc1ccc(F)cc1CC1CCCN1. The Morgan fingerprint density at radius 1 is 1.53 bits per heavy atom. The predicted molar refractivity (Wildman–Crippen MR) is 56.5 cm³/mol. The number of nitrogens with one attached hydrogen (secondary N) is 1. The number of rotatable bonds is 3. The highest BCUT2D eigenvalue weighted by molar-refractivity contribution is 5.77. The summed E-state index contributed by atoms with van der Waals surface area (Å²) < 4.78 is 13.0. The fourth-order valence-corrected chi connectivity index (χ4v) is 2.06. The maximum atomic E-state index is 13.0. The number of aldehydes is 1. The molecule has 15 heavy (non-hydrogen) atoms. The van der Waals surface area contributed by atoms with E-state index in [9.17, 15) is 9.18 Å². The van der Waals surface area contributed by atoms with Crippen molar-refractivity contribution >= 4 is 6.29 Å². The number of benzene rings is 1. The molecule has 1 unspecified atom stereocenters. The molecule has 1 aliphatic rings. The van der Waals surface area contributed by atoms with Gasteiger partial charge in [0.1, 0.15) is 12.1 Å². The first-order chi connectivity index (χ1) is 7.29. The molecule has 2 rings (SSSR count). The second-order valence-electron chi connectivity index (χ2n) is 3.96. The van der Waals surface area contributed by atoms with Gasteiger partial charge in [0.15, 0.2) is 0 Å². The van der Waals surface area contributed by atoms with Crippen LogP contribution in [-0.2, 0) is 6.42 Å². The minimum Gasteiger partial charge on any atom is -0.314 e. The topological polar surface area (TPSA) is 29.1 Å². The van der Waals surface area contributed by atoms with Crippen molar-refractivity contribution in [3.8, 4) is 0 Å². The van der Waals surface area contributed by atoms with E-state index in [1.807, 2.05) is 0 Å². The number of carbonyl (C=O) groups excluding carboxylic acids is 1. The molecule has 2 nitrogen and oxygen atoms in total. The van der Waals surface area contributed by atoms with Gasteiger partial charge in [-0.05, 0) is 49.6 Å². The summed E-state index contributed by atoms with van der Waals surface area (Å²) >= 11 is 0. The van der Waals surface area contributed by atoms with Gasteiger partial charge >= 0.3 is 0 Å². The third-order valence-electron chi connectivity index (χ3n) is 2.86. The molecule has 1 fully saturated rings. The fourth-order valence-electron chi connectivity index (χ4n) is 2.06. The van der Waals surface area contributed by atoms with E-state index in [1.165, 1.54) is 12.1 Å². The second-order valence-corrected chi connectivity index (χ2v) is 3.96. The van der Waals surface area contributed by atoms with Crippen LogP contribution in [0.4, 0.5) is 4.39 Å². The third kappa shape index (κ3) is 2.42. The second kappa shape index (κ2) is 4.53. The zero-order chi connectivity index (χ0) is 10.7. The van der Waals surface area contributed by atoms with Crippen LogP contribution < -0.4 is 5.32 Å². The Balaban J connectivity index is 2.17. The molecule has 80 valence electrons. The van der Waals surface area contributed by atoms with Crippen LogP contribution >= 0.6 is 0 Å². The third-order valence-corrected chi connectivity index (χ3v) is 2.86. The van der Waals surface area contributed by atoms with Gasteiger partial charge in [-0.2, -0.15) is 0 Å². The Hall–Kier alpha value is -1.22. The average Bonchev–Trinajstić information content (AvgIpc) is 2.71. The summed E-state index contributed by atoms with van der Waals surface area (Å²) in [6.07, 6.45) is 3.81. The molecule has 0 aromatic heterocycles. The summed E-state index contributed by atoms with van der Waals surface area (Å²) in [5.41, 5.74) is 1.41. The molecule has 1 aromatic rings. The van der Waals surface area contributed by atoms with Gasteiger partial charge in [0.2, 0.25) is 0 Å². The van der Waals surface area contributed by atoms with E-state index in [2.05, 4.69) is 5.32 Å². The maximum absolute atomic E-state index is 13.0. The van der Waals surface area contributed by atoms with Crippen molar-refractivity contribution in [3.05, 3.63) is 35.1 Å². The van der Waals surface area contributed by atoms with Crippen LogP contribution in [0.2, 0.25) is 0 Å². The molecule has 1 heterocycles. The van der Waals surface area contributed by atoms with Gasteiger partial charge in [0.05, 0.1) is 0 Å². The smallest absolute Gasteiger partial charge is 0.150 e. The number of hydrogen-bond donors (Lipinski definition) is 1. The standard InChI is InChI=1S/C12H14FNO/c13-11-4-3-9(8-15)10(6-11)7-12-2-1-5-14-12/h3-4,6,8,12,14H,1-2,5,7H2. The molecule has 0 bridgehead atoms. The maximum Gasteiger partial charge on any atom is 0.150 e. The van der Waals surface area contributed by atoms with Gasteiger partial charge in [0.25, 0.3) is 0 Å². The van der Waals surface area contributed by atoms with Gasteiger partial charge in [-0.15, -0.1) is 0 Å². The van der Waals surface area contributed by atoms with Crippen LogP contribution in [0.1, 0.15) is 28.8 Å². The molecule has 1 saturated heterocycles. The highest BCUT2D eigenvalue weighted by atomic mass is 19.1. The Bertz CT molecular complexity index is 359. The van der Waals surface area contributed by atoms with Crippen molar-refractivity contribution in [2.45, 2.75) is 25.3 Å². The van der Waals surface area contributed by atoms with E-state index in [0.717, 1.165) is 37.7 Å². The molecule has 0 aliphatic carbocycles. The summed E-state index contributed by atoms with van der Waals surface area (Å²) in [5, 5.41) is 3.34. The Labute approximate surface area is 88.5 Å². The number of hydrogen-bond acceptors (Lipinski definition) is 2. The first kappa shape index (κ1) is 10.3. The summed E-state index contributed by atoms with van der Waals surface area (Å²) in [6, 6.07) is 4.73. The van der Waals surface area contributed by atoms with Crippen LogP contribution in [0.15, 0.2) is 18.2 Å². The number of halogens is 1. The van der Waals surface area contributed by atoms with Crippen molar-refractivity contribution < 1.29 is 9.18 Å². The lowest BCUT2D eigenvalue weighted by molar-refractivity contribution is 0.112. The van der Waals surface area contributed by atoms with Crippen molar-refractivity contribution in [3.63, 3.8) is 0 Å². The zero-order valence-corrected chi connectivity index (χ0v) is 8.50. The molecule has 0 spiro atoms. The van der Waals surface area contributed by atoms with Gasteiger partial charge in [-0.25, -0.2) is 4.39 Å². The van der Waals surface area contributed by atoms with E-state index >= 15 is 0 Å². The molecule has 1 atom stereocenters. The van der Waals surface area contributed by atoms with Gasteiger partial charge in [-0.1, -0.05) is 0 Å². The Morgan fingerprint density at radius 3 is 3.07 bits per heavy atom. The van der Waals surface area contributed by atoms with E-state index < -0.39 is 0 Å². The van der Waals surface area contributed by atoms with Gasteiger partial charge in [-0.3, -0.25) is 4.79 Å². The quantitative estimate of drug-likeness (QED) is 0.767. The Morgan fingerprint density at radius 2 is 2.40 bits per heavy atom. The number of carbonyl (C=O) groups is 1. The molecule has 3 heteroatoms. The molecule has 1 aliphatic heterocycles. The highest BCUT2D eigenvalue weighted by Crippen LogP contribution is 2.16. The van der Waals surface area contributed by atoms with Gasteiger partial charge < -0.3 is 5.32 Å². The first-order valence-corrected chi connectivity index (χ1v) is 5.26. The molecule has 1 N–H and O–H groups in total. The van der Waals surface area contributed by atoms with Crippen molar-refractivity contribution in [1.29, 1.82) is 0 Å². The molecular formula is C12H14FNO. The highest BCUT2D eigenvalue weighted by Gasteiger charge is 2.16. The molecular weight excluding hydrogens is 193 g/mol. The van der Waals surface area contributed by atoms with Crippen molar-refractivity contribution in [2.75, 3.05) is 6.54 Å². The largest absolute Gasteiger partial charge is 0.314 e. The van der Waals surface area contributed by atoms with Gasteiger partial charge in [0, 0.05) is 11.6 Å². The van der Waals surface area contributed by atoms with Crippen LogP contribution in [0.25, 0.3) is 0 Å².